The van der Waals surface area contributed by atoms with E-state index in [4.69, 9.17) is 18.8 Å². The van der Waals surface area contributed by atoms with Crippen LogP contribution in [0.1, 0.15) is 0 Å². The predicted octanol–water partition coefficient (Wildman–Crippen LogP) is 11.7. The summed E-state index contributed by atoms with van der Waals surface area (Å²) in [5, 5.41) is 2.26. The van der Waals surface area contributed by atoms with E-state index in [2.05, 4.69) is 89.8 Å². The van der Waals surface area contributed by atoms with Crippen molar-refractivity contribution in [2.45, 2.75) is 0 Å². The average Bonchev–Trinajstić information content (AvgIpc) is 3.77. The van der Waals surface area contributed by atoms with E-state index in [1.165, 1.54) is 0 Å². The highest BCUT2D eigenvalue weighted by Crippen LogP contribution is 2.39. The topological polar surface area (TPSA) is 58.5 Å². The zero-order chi connectivity index (χ0) is 31.9. The van der Waals surface area contributed by atoms with Crippen LogP contribution in [0.4, 0.5) is 34.8 Å². The third kappa shape index (κ3) is 5.02. The molecule has 0 atom stereocenters. The van der Waals surface area contributed by atoms with Crippen molar-refractivity contribution in [1.82, 2.24) is 9.97 Å². The van der Waals surface area contributed by atoms with E-state index in [-0.39, 0.29) is 0 Å². The highest BCUT2D eigenvalue weighted by molar-refractivity contribution is 5.92. The third-order valence-electron chi connectivity index (χ3n) is 8.52. The second kappa shape index (κ2) is 11.6. The Morgan fingerprint density at radius 3 is 1.38 bits per heavy atom. The maximum Gasteiger partial charge on any atom is 0.307 e. The highest BCUT2D eigenvalue weighted by atomic mass is 16.4. The van der Waals surface area contributed by atoms with Gasteiger partial charge < -0.3 is 8.83 Å². The predicted molar refractivity (Wildman–Crippen MR) is 194 cm³/mol. The van der Waals surface area contributed by atoms with Crippen molar-refractivity contribution in [3.63, 3.8) is 0 Å². The van der Waals surface area contributed by atoms with Gasteiger partial charge in [-0.2, -0.15) is 9.97 Å². The van der Waals surface area contributed by atoms with Crippen molar-refractivity contribution >= 4 is 67.8 Å². The van der Waals surface area contributed by atoms with Crippen LogP contribution in [0.3, 0.4) is 0 Å². The van der Waals surface area contributed by atoms with Gasteiger partial charge in [0, 0.05) is 0 Å². The van der Waals surface area contributed by atoms with Gasteiger partial charge in [-0.25, -0.2) is 0 Å². The second-order valence-electron chi connectivity index (χ2n) is 11.6. The first-order chi connectivity index (χ1) is 23.8. The SMILES string of the molecule is c1ccc(N(c2ccc(-c3ccc4cc(N(c5ccccc5)c5nc6ccccc6o5)ccc4c3)cc2)c2nc3ccccc3o2)cc1. The van der Waals surface area contributed by atoms with Gasteiger partial charge in [0.05, 0.1) is 22.7 Å². The molecule has 48 heavy (non-hydrogen) atoms. The molecule has 0 saturated heterocycles. The fraction of sp³-hybridized carbons (Fsp3) is 0. The van der Waals surface area contributed by atoms with E-state index in [1.807, 2.05) is 89.8 Å². The molecule has 0 aliphatic rings. The third-order valence-corrected chi connectivity index (χ3v) is 8.52. The van der Waals surface area contributed by atoms with E-state index in [0.717, 1.165) is 66.8 Å². The number of para-hydroxylation sites is 6. The van der Waals surface area contributed by atoms with Crippen LogP contribution in [0.2, 0.25) is 0 Å². The van der Waals surface area contributed by atoms with E-state index in [9.17, 15) is 0 Å². The Balaban J connectivity index is 1.06. The molecule has 2 aromatic heterocycles. The summed E-state index contributed by atoms with van der Waals surface area (Å²) in [6.07, 6.45) is 0. The molecule has 0 N–H and O–H groups in total. The summed E-state index contributed by atoms with van der Waals surface area (Å²) in [7, 11) is 0. The Kier molecular flexibility index (Phi) is 6.68. The smallest absolute Gasteiger partial charge is 0.307 e. The number of nitrogens with zero attached hydrogens (tertiary/aromatic N) is 4. The fourth-order valence-electron chi connectivity index (χ4n) is 6.16. The van der Waals surface area contributed by atoms with Crippen LogP contribution in [0.15, 0.2) is 179 Å². The van der Waals surface area contributed by atoms with Gasteiger partial charge in [0.25, 0.3) is 0 Å². The molecule has 2 heterocycles. The van der Waals surface area contributed by atoms with E-state index < -0.39 is 0 Å². The van der Waals surface area contributed by atoms with Gasteiger partial charge in [0.1, 0.15) is 11.0 Å². The van der Waals surface area contributed by atoms with Crippen molar-refractivity contribution in [1.29, 1.82) is 0 Å². The minimum Gasteiger partial charge on any atom is -0.423 e. The number of oxazole rings is 2. The molecule has 0 aliphatic heterocycles. The molecule has 7 aromatic carbocycles. The Morgan fingerprint density at radius 1 is 0.354 bits per heavy atom. The molecule has 9 aromatic rings. The summed E-state index contributed by atoms with van der Waals surface area (Å²) in [4.78, 5) is 13.7. The molecule has 6 heteroatoms. The number of hydrogen-bond donors (Lipinski definition) is 0. The lowest BCUT2D eigenvalue weighted by molar-refractivity contribution is 0.608. The Morgan fingerprint density at radius 2 is 0.792 bits per heavy atom. The molecule has 0 spiro atoms. The average molecular weight is 621 g/mol. The standard InChI is InChI=1S/C42H28N4O2/c1-3-11-33(12-4-1)45(41-43-37-15-7-9-17-39(37)47-41)35-24-21-29(22-25-35)30-19-20-32-28-36(26-23-31(32)27-30)46(34-13-5-2-6-14-34)42-44-38-16-8-10-18-40(38)48-42/h1-28H. The Labute approximate surface area is 276 Å². The number of rotatable bonds is 7. The molecular formula is C42H28N4O2. The first-order valence-electron chi connectivity index (χ1n) is 15.8. The summed E-state index contributed by atoms with van der Waals surface area (Å²) < 4.78 is 12.4. The van der Waals surface area contributed by atoms with E-state index in [0.29, 0.717) is 12.0 Å². The number of anilines is 6. The lowest BCUT2D eigenvalue weighted by Gasteiger charge is -2.21. The fourth-order valence-corrected chi connectivity index (χ4v) is 6.16. The molecule has 0 amide bonds. The van der Waals surface area contributed by atoms with Crippen LogP contribution in [-0.4, -0.2) is 9.97 Å². The summed E-state index contributed by atoms with van der Waals surface area (Å²) in [5.41, 5.74) is 9.29. The van der Waals surface area contributed by atoms with Crippen LogP contribution in [0, 0.1) is 0 Å². The van der Waals surface area contributed by atoms with Crippen LogP contribution in [0.5, 0.6) is 0 Å². The molecule has 9 rings (SSSR count). The van der Waals surface area contributed by atoms with Crippen molar-refractivity contribution in [2.24, 2.45) is 0 Å². The molecule has 0 aliphatic carbocycles. The van der Waals surface area contributed by atoms with Crippen LogP contribution >= 0.6 is 0 Å². The molecule has 0 radical (unpaired) electrons. The summed E-state index contributed by atoms with van der Waals surface area (Å²) in [6.45, 7) is 0. The van der Waals surface area contributed by atoms with Crippen LogP contribution in [-0.2, 0) is 0 Å². The minimum atomic E-state index is 0.527. The van der Waals surface area contributed by atoms with E-state index in [1.54, 1.807) is 0 Å². The van der Waals surface area contributed by atoms with Crippen molar-refractivity contribution in [3.8, 4) is 11.1 Å². The normalized spacial score (nSPS) is 11.3. The van der Waals surface area contributed by atoms with Gasteiger partial charge in [-0.3, -0.25) is 9.80 Å². The molecule has 0 bridgehead atoms. The molecular weight excluding hydrogens is 592 g/mol. The lowest BCUT2D eigenvalue weighted by atomic mass is 10.0. The highest BCUT2D eigenvalue weighted by Gasteiger charge is 2.20. The van der Waals surface area contributed by atoms with E-state index >= 15 is 0 Å². The minimum absolute atomic E-state index is 0.527. The Bertz CT molecular complexity index is 2460. The van der Waals surface area contributed by atoms with Crippen molar-refractivity contribution < 1.29 is 8.83 Å². The molecule has 0 saturated carbocycles. The molecule has 0 fully saturated rings. The second-order valence-corrected chi connectivity index (χ2v) is 11.6. The van der Waals surface area contributed by atoms with Gasteiger partial charge in [0.15, 0.2) is 11.2 Å². The van der Waals surface area contributed by atoms with Crippen molar-refractivity contribution in [3.05, 3.63) is 170 Å². The maximum absolute atomic E-state index is 6.23. The van der Waals surface area contributed by atoms with Gasteiger partial charge in [-0.15, -0.1) is 0 Å². The quantitative estimate of drug-likeness (QED) is 0.177. The lowest BCUT2D eigenvalue weighted by Crippen LogP contribution is -2.10. The van der Waals surface area contributed by atoms with Crippen LogP contribution < -0.4 is 9.80 Å². The largest absolute Gasteiger partial charge is 0.423 e. The zero-order valence-electron chi connectivity index (χ0n) is 25.8. The number of aromatic nitrogens is 2. The maximum atomic E-state index is 6.23. The van der Waals surface area contributed by atoms with Gasteiger partial charge in [-0.1, -0.05) is 91.0 Å². The monoisotopic (exact) mass is 620 g/mol. The Hall–Kier alpha value is -6.66. The van der Waals surface area contributed by atoms with Gasteiger partial charge >= 0.3 is 12.0 Å². The molecule has 6 nitrogen and oxygen atoms in total. The van der Waals surface area contributed by atoms with Gasteiger partial charge in [-0.05, 0) is 101 Å². The summed E-state index contributed by atoms with van der Waals surface area (Å²) in [5.74, 6) is 0. The first-order valence-corrected chi connectivity index (χ1v) is 15.8. The van der Waals surface area contributed by atoms with Gasteiger partial charge in [0.2, 0.25) is 0 Å². The molecule has 0 unspecified atom stereocenters. The number of fused-ring (bicyclic) bond motifs is 3. The number of hydrogen-bond acceptors (Lipinski definition) is 6. The van der Waals surface area contributed by atoms with Crippen LogP contribution in [0.25, 0.3) is 44.1 Å². The first kappa shape index (κ1) is 27.6. The summed E-state index contributed by atoms with van der Waals surface area (Å²) >= 11 is 0. The zero-order valence-corrected chi connectivity index (χ0v) is 25.8. The number of benzene rings is 7. The van der Waals surface area contributed by atoms with Crippen molar-refractivity contribution in [2.75, 3.05) is 9.80 Å². The molecule has 228 valence electrons. The summed E-state index contributed by atoms with van der Waals surface area (Å²) in [6, 6.07) is 58.6.